The van der Waals surface area contributed by atoms with Crippen molar-refractivity contribution < 1.29 is 31.2 Å². The molecule has 0 spiro atoms. The summed E-state index contributed by atoms with van der Waals surface area (Å²) in [6.45, 7) is 2.01. The van der Waals surface area contributed by atoms with Crippen LogP contribution in [0.25, 0.3) is 0 Å². The molecular formula is C31H34Cl2F3N3O4S. The quantitative estimate of drug-likeness (QED) is 0.206. The van der Waals surface area contributed by atoms with E-state index in [9.17, 15) is 31.2 Å². The molecule has 7 nitrogen and oxygen atoms in total. The number of hydrogen-bond donors (Lipinski definition) is 1. The number of nitrogens with one attached hydrogen (secondary N) is 1. The molecule has 1 atom stereocenters. The van der Waals surface area contributed by atoms with Gasteiger partial charge in [0.2, 0.25) is 21.8 Å². The minimum Gasteiger partial charge on any atom is -0.354 e. The number of amides is 2. The standard InChI is InChI=1S/C31H34Cl2F3N3O4S/c1-3-16-37-30(41)28(18-22-9-5-4-6-10-22)38(21-23-14-15-25(32)20-27(23)33)29(40)13-8-17-39(44(2,42)43)26-12-7-11-24(19-26)31(34,35)36/h4-7,9-12,14-15,19-20,28H,3,8,13,16-18,21H2,1-2H3,(H,37,41)/t28-/m1/s1. The summed E-state index contributed by atoms with van der Waals surface area (Å²) in [6.07, 6.45) is -3.11. The summed E-state index contributed by atoms with van der Waals surface area (Å²) >= 11 is 12.5. The molecule has 0 aliphatic carbocycles. The lowest BCUT2D eigenvalue weighted by Crippen LogP contribution is -2.50. The Morgan fingerprint density at radius 2 is 1.68 bits per heavy atom. The van der Waals surface area contributed by atoms with Crippen LogP contribution in [0.3, 0.4) is 0 Å². The summed E-state index contributed by atoms with van der Waals surface area (Å²) in [5.41, 5.74) is 0.206. The maximum atomic E-state index is 13.8. The molecule has 2 amide bonds. The van der Waals surface area contributed by atoms with E-state index >= 15 is 0 Å². The van der Waals surface area contributed by atoms with Crippen LogP contribution in [0.15, 0.2) is 72.8 Å². The normalized spacial score (nSPS) is 12.4. The van der Waals surface area contributed by atoms with Crippen LogP contribution in [-0.4, -0.2) is 50.5 Å². The summed E-state index contributed by atoms with van der Waals surface area (Å²) in [7, 11) is -3.99. The highest BCUT2D eigenvalue weighted by molar-refractivity contribution is 7.92. The highest BCUT2D eigenvalue weighted by Gasteiger charge is 2.33. The zero-order chi connectivity index (χ0) is 32.5. The number of hydrogen-bond acceptors (Lipinski definition) is 4. The van der Waals surface area contributed by atoms with E-state index in [4.69, 9.17) is 23.2 Å². The second-order valence-electron chi connectivity index (χ2n) is 10.2. The van der Waals surface area contributed by atoms with E-state index in [1.165, 1.54) is 17.0 Å². The van der Waals surface area contributed by atoms with Gasteiger partial charge in [-0.1, -0.05) is 72.6 Å². The third-order valence-electron chi connectivity index (χ3n) is 6.79. The molecular weight excluding hydrogens is 638 g/mol. The van der Waals surface area contributed by atoms with Crippen LogP contribution < -0.4 is 9.62 Å². The topological polar surface area (TPSA) is 86.8 Å². The molecule has 0 aliphatic heterocycles. The zero-order valence-corrected chi connectivity index (χ0v) is 26.6. The largest absolute Gasteiger partial charge is 0.416 e. The third kappa shape index (κ3) is 10.1. The monoisotopic (exact) mass is 671 g/mol. The van der Waals surface area contributed by atoms with Crippen molar-refractivity contribution >= 4 is 50.7 Å². The van der Waals surface area contributed by atoms with Crippen molar-refractivity contribution in [2.75, 3.05) is 23.7 Å². The van der Waals surface area contributed by atoms with Crippen LogP contribution >= 0.6 is 23.2 Å². The summed E-state index contributed by atoms with van der Waals surface area (Å²) in [5, 5.41) is 3.56. The average Bonchev–Trinajstić information content (AvgIpc) is 2.96. The van der Waals surface area contributed by atoms with E-state index in [1.807, 2.05) is 37.3 Å². The Labute approximate surface area is 266 Å². The molecule has 13 heteroatoms. The highest BCUT2D eigenvalue weighted by atomic mass is 35.5. The van der Waals surface area contributed by atoms with Gasteiger partial charge in [0.1, 0.15) is 6.04 Å². The predicted octanol–water partition coefficient (Wildman–Crippen LogP) is 6.72. The van der Waals surface area contributed by atoms with Crippen LogP contribution in [-0.2, 0) is 38.8 Å². The molecule has 0 saturated heterocycles. The first-order valence-corrected chi connectivity index (χ1v) is 16.5. The van der Waals surface area contributed by atoms with Crippen molar-refractivity contribution in [2.45, 2.75) is 51.4 Å². The Kier molecular flexibility index (Phi) is 12.5. The van der Waals surface area contributed by atoms with Crippen molar-refractivity contribution in [3.8, 4) is 0 Å². The molecule has 0 aromatic heterocycles. The number of nitrogens with zero attached hydrogens (tertiary/aromatic N) is 2. The molecule has 3 aromatic carbocycles. The lowest BCUT2D eigenvalue weighted by molar-refractivity contribution is -0.141. The number of rotatable bonds is 14. The maximum absolute atomic E-state index is 13.8. The molecule has 0 radical (unpaired) electrons. The Hall–Kier alpha value is -3.28. The van der Waals surface area contributed by atoms with E-state index in [0.29, 0.717) is 28.6 Å². The van der Waals surface area contributed by atoms with E-state index in [0.717, 1.165) is 34.3 Å². The fraction of sp³-hybridized carbons (Fsp3) is 0.355. The number of anilines is 1. The van der Waals surface area contributed by atoms with Crippen molar-refractivity contribution in [3.63, 3.8) is 0 Å². The fourth-order valence-electron chi connectivity index (χ4n) is 4.59. The average molecular weight is 673 g/mol. The molecule has 0 unspecified atom stereocenters. The summed E-state index contributed by atoms with van der Waals surface area (Å²) < 4.78 is 65.9. The van der Waals surface area contributed by atoms with Crippen LogP contribution in [0.4, 0.5) is 18.9 Å². The Bertz CT molecular complexity index is 1540. The lowest BCUT2D eigenvalue weighted by atomic mass is 10.0. The molecule has 3 rings (SSSR count). The van der Waals surface area contributed by atoms with Gasteiger partial charge in [0.15, 0.2) is 0 Å². The van der Waals surface area contributed by atoms with E-state index in [2.05, 4.69) is 5.32 Å². The predicted molar refractivity (Wildman–Crippen MR) is 167 cm³/mol. The van der Waals surface area contributed by atoms with Gasteiger partial charge >= 0.3 is 6.18 Å². The first-order valence-electron chi connectivity index (χ1n) is 13.9. The van der Waals surface area contributed by atoms with Gasteiger partial charge in [-0.3, -0.25) is 13.9 Å². The van der Waals surface area contributed by atoms with Crippen molar-refractivity contribution in [1.29, 1.82) is 0 Å². The lowest BCUT2D eigenvalue weighted by Gasteiger charge is -2.32. The highest BCUT2D eigenvalue weighted by Crippen LogP contribution is 2.32. The van der Waals surface area contributed by atoms with Crippen LogP contribution in [0.5, 0.6) is 0 Å². The van der Waals surface area contributed by atoms with Gasteiger partial charge in [-0.05, 0) is 54.3 Å². The van der Waals surface area contributed by atoms with Gasteiger partial charge in [-0.15, -0.1) is 0 Å². The molecule has 1 N–H and O–H groups in total. The first kappa shape index (κ1) is 35.2. The molecule has 238 valence electrons. The van der Waals surface area contributed by atoms with E-state index in [1.54, 1.807) is 12.1 Å². The molecule has 0 bridgehead atoms. The fourth-order valence-corrected chi connectivity index (χ4v) is 6.02. The van der Waals surface area contributed by atoms with Gasteiger partial charge < -0.3 is 10.2 Å². The van der Waals surface area contributed by atoms with Gasteiger partial charge in [-0.25, -0.2) is 8.42 Å². The number of alkyl halides is 3. The third-order valence-corrected chi connectivity index (χ3v) is 8.57. The smallest absolute Gasteiger partial charge is 0.354 e. The number of halogens is 5. The molecule has 0 saturated carbocycles. The molecule has 3 aromatic rings. The molecule has 0 fully saturated rings. The summed E-state index contributed by atoms with van der Waals surface area (Å²) in [6, 6.07) is 17.1. The van der Waals surface area contributed by atoms with Gasteiger partial charge in [-0.2, -0.15) is 13.2 Å². The maximum Gasteiger partial charge on any atom is 0.416 e. The van der Waals surface area contributed by atoms with Crippen LogP contribution in [0.1, 0.15) is 42.9 Å². The Morgan fingerprint density at radius 3 is 2.30 bits per heavy atom. The minimum absolute atomic E-state index is 0.0262. The Morgan fingerprint density at radius 1 is 0.977 bits per heavy atom. The minimum atomic E-state index is -4.66. The van der Waals surface area contributed by atoms with Crippen molar-refractivity contribution in [2.24, 2.45) is 0 Å². The second kappa shape index (κ2) is 15.6. The molecule has 0 aliphatic rings. The number of benzene rings is 3. The number of carbonyl (C=O) groups is 2. The van der Waals surface area contributed by atoms with E-state index in [-0.39, 0.29) is 43.9 Å². The van der Waals surface area contributed by atoms with Gasteiger partial charge in [0, 0.05) is 42.5 Å². The number of carbonyl (C=O) groups excluding carboxylic acids is 2. The van der Waals surface area contributed by atoms with Crippen molar-refractivity contribution in [1.82, 2.24) is 10.2 Å². The first-order chi connectivity index (χ1) is 20.7. The molecule has 0 heterocycles. The number of sulfonamides is 1. The zero-order valence-electron chi connectivity index (χ0n) is 24.3. The second-order valence-corrected chi connectivity index (χ2v) is 13.0. The SMILES string of the molecule is CCCNC(=O)[C@@H](Cc1ccccc1)N(Cc1ccc(Cl)cc1Cl)C(=O)CCCN(c1cccc(C(F)(F)F)c1)S(C)(=O)=O. The Balaban J connectivity index is 1.91. The van der Waals surface area contributed by atoms with Crippen molar-refractivity contribution in [3.05, 3.63) is 99.5 Å². The molecule has 44 heavy (non-hydrogen) atoms. The van der Waals surface area contributed by atoms with Crippen LogP contribution in [0, 0.1) is 0 Å². The van der Waals surface area contributed by atoms with E-state index < -0.39 is 33.7 Å². The summed E-state index contributed by atoms with van der Waals surface area (Å²) in [5.74, 6) is -0.822. The summed E-state index contributed by atoms with van der Waals surface area (Å²) in [4.78, 5) is 28.7. The van der Waals surface area contributed by atoms with Gasteiger partial charge in [0.05, 0.1) is 17.5 Å². The van der Waals surface area contributed by atoms with Gasteiger partial charge in [0.25, 0.3) is 0 Å². The van der Waals surface area contributed by atoms with Crippen LogP contribution in [0.2, 0.25) is 10.0 Å².